The van der Waals surface area contributed by atoms with Gasteiger partial charge in [-0.1, -0.05) is 65.7 Å². The number of nitrogens with two attached hydrogens (primary N) is 1. The number of nitrogens with one attached hydrogen (secondary N) is 1. The van der Waals surface area contributed by atoms with Gasteiger partial charge in [0.05, 0.1) is 77.4 Å². The Labute approximate surface area is 329 Å². The Morgan fingerprint density at radius 3 is 1.98 bits per heavy atom. The Kier molecular flexibility index (Phi) is 9.42. The van der Waals surface area contributed by atoms with E-state index >= 15 is 0 Å². The summed E-state index contributed by atoms with van der Waals surface area (Å²) >= 11 is 13.0. The number of anilines is 3. The molecular weight excluding hydrogens is 757 g/mol. The molecule has 0 saturated carbocycles. The van der Waals surface area contributed by atoms with Gasteiger partial charge in [0.2, 0.25) is 0 Å². The number of benzene rings is 2. The monoisotopic (exact) mass is 789 g/mol. The third-order valence-electron chi connectivity index (χ3n) is 9.81. The minimum absolute atomic E-state index is 0.216. The highest BCUT2D eigenvalue weighted by molar-refractivity contribution is 6.33. The zero-order chi connectivity index (χ0) is 38.3. The number of imidazole rings is 2. The topological polar surface area (TPSA) is 170 Å². The Bertz CT molecular complexity index is 2620. The number of carbonyl (C=O) groups excluding carboxylic acids is 2. The first kappa shape index (κ1) is 35.6. The van der Waals surface area contributed by atoms with Gasteiger partial charge in [-0.3, -0.25) is 9.59 Å². The summed E-state index contributed by atoms with van der Waals surface area (Å²) < 4.78 is 14.6. The molecule has 2 aromatic carbocycles. The molecule has 2 fully saturated rings. The molecule has 9 rings (SSSR count). The largest absolute Gasteiger partial charge is 0.378 e. The summed E-state index contributed by atoms with van der Waals surface area (Å²) in [7, 11) is 0. The average Bonchev–Trinajstić information content (AvgIpc) is 3.86. The standard InChI is InChI=1S/C39H33Cl2N11O4/c40-28-7-3-1-5-24(28)30-20-51-37(44-30)26(36(42)53)17-35(48-51)50-13-16-56-22-32(50)23-9-10-33(43-19-23)46-39(54)27-18-34(49-11-14-55-15-12-49)47-52-21-31(45-38(27)52)25-6-2-4-8-29(25)41/h1-10,17-21,32H,11-16,22H2,(H2,42,53)(H,43,46,54). The number of hydrogen-bond acceptors (Lipinski definition) is 11. The van der Waals surface area contributed by atoms with Crippen LogP contribution in [0.5, 0.6) is 0 Å². The van der Waals surface area contributed by atoms with Gasteiger partial charge in [0, 0.05) is 37.0 Å². The second-order valence-electron chi connectivity index (χ2n) is 13.3. The maximum atomic E-state index is 14.0. The number of ether oxygens (including phenoxy) is 2. The van der Waals surface area contributed by atoms with Gasteiger partial charge in [-0.05, 0) is 35.9 Å². The van der Waals surface area contributed by atoms with Gasteiger partial charge in [-0.15, -0.1) is 10.2 Å². The van der Waals surface area contributed by atoms with E-state index in [0.717, 1.165) is 11.1 Å². The molecule has 3 N–H and O–H groups in total. The molecule has 1 unspecified atom stereocenters. The van der Waals surface area contributed by atoms with Crippen LogP contribution in [-0.2, 0) is 9.47 Å². The van der Waals surface area contributed by atoms with Crippen LogP contribution in [0, 0.1) is 0 Å². The summed E-state index contributed by atoms with van der Waals surface area (Å²) in [6.07, 6.45) is 5.18. The summed E-state index contributed by atoms with van der Waals surface area (Å²) in [5, 5.41) is 13.6. The smallest absolute Gasteiger partial charge is 0.260 e. The van der Waals surface area contributed by atoms with Crippen LogP contribution in [0.4, 0.5) is 17.5 Å². The summed E-state index contributed by atoms with van der Waals surface area (Å²) in [5.74, 6) is 0.425. The summed E-state index contributed by atoms with van der Waals surface area (Å²) in [4.78, 5) is 44.9. The van der Waals surface area contributed by atoms with Crippen LogP contribution in [0.3, 0.4) is 0 Å². The Morgan fingerprint density at radius 2 is 1.36 bits per heavy atom. The summed E-state index contributed by atoms with van der Waals surface area (Å²) in [6, 6.07) is 21.4. The fourth-order valence-electron chi connectivity index (χ4n) is 6.98. The Hall–Kier alpha value is -6.13. The predicted molar refractivity (Wildman–Crippen MR) is 212 cm³/mol. The highest BCUT2D eigenvalue weighted by atomic mass is 35.5. The molecule has 2 saturated heterocycles. The van der Waals surface area contributed by atoms with Crippen LogP contribution in [0.2, 0.25) is 10.0 Å². The molecule has 0 bridgehead atoms. The van der Waals surface area contributed by atoms with E-state index in [-0.39, 0.29) is 11.6 Å². The molecule has 2 aliphatic heterocycles. The lowest BCUT2D eigenvalue weighted by Gasteiger charge is -2.36. The number of aromatic nitrogens is 7. The molecule has 0 aliphatic carbocycles. The molecule has 17 heteroatoms. The average molecular weight is 791 g/mol. The van der Waals surface area contributed by atoms with Crippen molar-refractivity contribution in [1.29, 1.82) is 0 Å². The molecule has 15 nitrogen and oxygen atoms in total. The molecule has 5 aromatic heterocycles. The molecule has 282 valence electrons. The third-order valence-corrected chi connectivity index (χ3v) is 10.5. The van der Waals surface area contributed by atoms with E-state index in [0.29, 0.717) is 107 Å². The number of nitrogens with zero attached hydrogens (tertiary/aromatic N) is 9. The number of carbonyl (C=O) groups is 2. The number of pyridine rings is 1. The normalized spacial score (nSPS) is 16.1. The minimum atomic E-state index is -0.638. The molecule has 7 aromatic rings. The van der Waals surface area contributed by atoms with Crippen LogP contribution in [0.15, 0.2) is 91.4 Å². The Balaban J connectivity index is 1.01. The van der Waals surface area contributed by atoms with Crippen molar-refractivity contribution in [2.24, 2.45) is 5.73 Å². The van der Waals surface area contributed by atoms with E-state index in [1.807, 2.05) is 47.4 Å². The zero-order valence-electron chi connectivity index (χ0n) is 29.7. The first-order valence-corrected chi connectivity index (χ1v) is 18.6. The van der Waals surface area contributed by atoms with Gasteiger partial charge in [0.15, 0.2) is 22.9 Å². The van der Waals surface area contributed by atoms with Gasteiger partial charge >= 0.3 is 0 Å². The van der Waals surface area contributed by atoms with Gasteiger partial charge in [-0.25, -0.2) is 24.0 Å². The van der Waals surface area contributed by atoms with E-state index in [1.54, 1.807) is 58.0 Å². The van der Waals surface area contributed by atoms with Crippen LogP contribution in [-0.4, -0.2) is 92.1 Å². The lowest BCUT2D eigenvalue weighted by molar-refractivity contribution is 0.0934. The number of fused-ring (bicyclic) bond motifs is 2. The molecule has 1 atom stereocenters. The third kappa shape index (κ3) is 6.74. The molecule has 7 heterocycles. The van der Waals surface area contributed by atoms with Crippen molar-refractivity contribution in [3.05, 3.63) is 118 Å². The van der Waals surface area contributed by atoms with Crippen LogP contribution >= 0.6 is 23.2 Å². The molecule has 56 heavy (non-hydrogen) atoms. The Morgan fingerprint density at radius 1 is 0.750 bits per heavy atom. The highest BCUT2D eigenvalue weighted by Crippen LogP contribution is 2.33. The number of hydrogen-bond donors (Lipinski definition) is 2. The molecule has 2 aliphatic rings. The van der Waals surface area contributed by atoms with Crippen molar-refractivity contribution < 1.29 is 19.1 Å². The van der Waals surface area contributed by atoms with Crippen molar-refractivity contribution in [2.45, 2.75) is 6.04 Å². The van der Waals surface area contributed by atoms with E-state index < -0.39 is 11.8 Å². The lowest BCUT2D eigenvalue weighted by atomic mass is 10.1. The zero-order valence-corrected chi connectivity index (χ0v) is 31.2. The number of amides is 2. The second-order valence-corrected chi connectivity index (χ2v) is 14.1. The first-order chi connectivity index (χ1) is 27.3. The van der Waals surface area contributed by atoms with E-state index in [9.17, 15) is 9.59 Å². The van der Waals surface area contributed by atoms with E-state index in [4.69, 9.17) is 53.6 Å². The summed E-state index contributed by atoms with van der Waals surface area (Å²) in [6.45, 7) is 3.64. The van der Waals surface area contributed by atoms with Crippen LogP contribution < -0.4 is 20.9 Å². The van der Waals surface area contributed by atoms with Crippen LogP contribution in [0.1, 0.15) is 32.3 Å². The number of halogens is 2. The molecule has 0 spiro atoms. The van der Waals surface area contributed by atoms with Crippen LogP contribution in [0.25, 0.3) is 33.8 Å². The molecule has 0 radical (unpaired) electrons. The lowest BCUT2D eigenvalue weighted by Crippen LogP contribution is -2.40. The fraction of sp³-hybridized carbons (Fsp3) is 0.205. The first-order valence-electron chi connectivity index (χ1n) is 17.9. The SMILES string of the molecule is NC(=O)c1cc(N2CCOCC2c2ccc(NC(=O)c3cc(N4CCOCC4)nn4cc(-c5ccccc5Cl)nc34)nc2)nn2cc(-c3ccccc3Cl)nc12. The van der Waals surface area contributed by atoms with Gasteiger partial charge < -0.3 is 30.3 Å². The van der Waals surface area contributed by atoms with E-state index in [1.165, 1.54) is 0 Å². The maximum absolute atomic E-state index is 14.0. The van der Waals surface area contributed by atoms with Crippen molar-refractivity contribution in [3.8, 4) is 22.5 Å². The number of morpholine rings is 2. The number of rotatable bonds is 8. The van der Waals surface area contributed by atoms with Crippen molar-refractivity contribution in [1.82, 2.24) is 34.2 Å². The molecular formula is C39H33Cl2N11O4. The number of primary amides is 1. The van der Waals surface area contributed by atoms with Crippen molar-refractivity contribution in [3.63, 3.8) is 0 Å². The van der Waals surface area contributed by atoms with Crippen molar-refractivity contribution in [2.75, 3.05) is 61.2 Å². The second kappa shape index (κ2) is 14.8. The molecule has 2 amide bonds. The van der Waals surface area contributed by atoms with Crippen molar-refractivity contribution >= 4 is 63.8 Å². The quantitative estimate of drug-likeness (QED) is 0.197. The predicted octanol–water partition coefficient (Wildman–Crippen LogP) is 5.57. The maximum Gasteiger partial charge on any atom is 0.260 e. The van der Waals surface area contributed by atoms with Gasteiger partial charge in [0.25, 0.3) is 11.8 Å². The van der Waals surface area contributed by atoms with Gasteiger partial charge in [-0.2, -0.15) is 0 Å². The fourth-order valence-corrected chi connectivity index (χ4v) is 7.44. The summed E-state index contributed by atoms with van der Waals surface area (Å²) in [5.41, 5.74) is 10.5. The van der Waals surface area contributed by atoms with Gasteiger partial charge in [0.1, 0.15) is 5.82 Å². The highest BCUT2D eigenvalue weighted by Gasteiger charge is 2.29. The van der Waals surface area contributed by atoms with E-state index in [2.05, 4.69) is 20.2 Å². The minimum Gasteiger partial charge on any atom is -0.378 e.